The molecule has 0 aliphatic rings. The minimum Gasteiger partial charge on any atom is -0.490 e. The van der Waals surface area contributed by atoms with Gasteiger partial charge in [-0.2, -0.15) is 0 Å². The zero-order valence-electron chi connectivity index (χ0n) is 19.7. The summed E-state index contributed by atoms with van der Waals surface area (Å²) in [5, 5.41) is 12.7. The van der Waals surface area contributed by atoms with Crippen LogP contribution in [0.3, 0.4) is 0 Å². The smallest absolute Gasteiger partial charge is 0.166 e. The number of carbonyl (C=O) groups excluding carboxylic acids is 1. The van der Waals surface area contributed by atoms with Crippen molar-refractivity contribution in [3.63, 3.8) is 0 Å². The van der Waals surface area contributed by atoms with E-state index in [9.17, 15) is 9.90 Å². The Labute approximate surface area is 169 Å². The summed E-state index contributed by atoms with van der Waals surface area (Å²) in [5.41, 5.74) is 1.09. The minimum atomic E-state index is -3.28. The Morgan fingerprint density at radius 2 is 1.92 bits per heavy atom. The van der Waals surface area contributed by atoms with E-state index in [1.54, 1.807) is 13.0 Å². The maximum Gasteiger partial charge on any atom is 0.166 e. The number of nitrogens with one attached hydrogen (secondary N) is 1. The van der Waals surface area contributed by atoms with E-state index in [0.29, 0.717) is 12.8 Å². The van der Waals surface area contributed by atoms with Crippen molar-refractivity contribution in [3.8, 4) is 5.75 Å². The molecule has 0 fully saturated rings. The lowest BCUT2D eigenvalue weighted by atomic mass is 10.0. The third-order valence-electron chi connectivity index (χ3n) is 3.51. The number of hydrogen-bond donors (Lipinski definition) is 2. The summed E-state index contributed by atoms with van der Waals surface area (Å²) < 4.78 is 45.1. The number of hydrogen-bond acceptors (Lipinski definition) is 4. The highest BCUT2D eigenvalue weighted by Gasteiger charge is 2.13. The Morgan fingerprint density at radius 3 is 2.65 bits per heavy atom. The first-order chi connectivity index (χ1) is 14.0. The van der Waals surface area contributed by atoms with Crippen LogP contribution in [0.2, 0.25) is 0 Å². The van der Waals surface area contributed by atoms with Crippen molar-refractivity contribution < 1.29 is 21.5 Å². The maximum absolute atomic E-state index is 12.7. The molecule has 2 rings (SSSR count). The third kappa shape index (κ3) is 7.56. The van der Waals surface area contributed by atoms with Crippen molar-refractivity contribution in [1.82, 2.24) is 5.32 Å². The summed E-state index contributed by atoms with van der Waals surface area (Å²) in [5.74, 6) is -0.441. The monoisotopic (exact) mass is 382 g/mol. The number of aryl methyl sites for hydroxylation is 1. The average Bonchev–Trinajstić information content (AvgIpc) is 2.71. The molecule has 2 N–H and O–H groups in total. The molecule has 5 heteroatoms. The van der Waals surface area contributed by atoms with E-state index >= 15 is 0 Å². The van der Waals surface area contributed by atoms with Gasteiger partial charge in [-0.15, -0.1) is 12.4 Å². The van der Waals surface area contributed by atoms with Gasteiger partial charge in [0.05, 0.1) is 9.68 Å². The molecule has 0 heterocycles. The Kier molecular flexibility index (Phi) is 7.29. The number of halogens is 1. The van der Waals surface area contributed by atoms with Crippen LogP contribution in [0.25, 0.3) is 0 Å². The lowest BCUT2D eigenvalue weighted by Gasteiger charge is -2.15. The number of ketones is 1. The molecular formula is C21H28ClNO3. The largest absolute Gasteiger partial charge is 0.490 e. The molecule has 142 valence electrons. The van der Waals surface area contributed by atoms with Crippen LogP contribution in [0.15, 0.2) is 54.6 Å². The van der Waals surface area contributed by atoms with Gasteiger partial charge in [-0.05, 0) is 37.1 Å². The van der Waals surface area contributed by atoms with Crippen LogP contribution in [0.5, 0.6) is 5.75 Å². The van der Waals surface area contributed by atoms with Crippen LogP contribution in [-0.2, 0) is 6.42 Å². The standard InChI is InChI=1S/C21H27NO3.ClH/c1-2-14-22-15-18(23)16-25-21-11-7-6-10-19(21)20(24)13-12-17-8-4-3-5-9-17;/h3-11,18,22-23H,2,12-16H2,1H3;1H/t18-;/m0./s1/i15D2,16D2,18D;. The summed E-state index contributed by atoms with van der Waals surface area (Å²) in [6.45, 7) is -4.03. The zero-order chi connectivity index (χ0) is 22.4. The number of aliphatic hydroxyl groups is 1. The SMILES string of the molecule is Cl.[2H]C([2H])(NCCC)[C@]([2H])(O)C([2H])([2H])Oc1ccccc1C(=O)CCc1ccccc1. The third-order valence-corrected chi connectivity index (χ3v) is 3.51. The molecule has 0 aliphatic carbocycles. The Morgan fingerprint density at radius 1 is 1.23 bits per heavy atom. The van der Waals surface area contributed by atoms with Crippen LogP contribution in [0.4, 0.5) is 0 Å². The number of rotatable bonds is 11. The lowest BCUT2D eigenvalue weighted by Crippen LogP contribution is -2.32. The fourth-order valence-corrected chi connectivity index (χ4v) is 2.22. The molecule has 0 saturated heterocycles. The number of carbonyl (C=O) groups is 1. The number of ether oxygens (including phenoxy) is 1. The van der Waals surface area contributed by atoms with E-state index in [0.717, 1.165) is 5.56 Å². The van der Waals surface area contributed by atoms with Crippen LogP contribution in [0, 0.1) is 0 Å². The summed E-state index contributed by atoms with van der Waals surface area (Å²) in [6, 6.07) is 15.4. The molecule has 2 aromatic carbocycles. The molecule has 0 spiro atoms. The predicted molar refractivity (Wildman–Crippen MR) is 107 cm³/mol. The van der Waals surface area contributed by atoms with Gasteiger partial charge in [0.15, 0.2) is 5.78 Å². The molecule has 0 aliphatic heterocycles. The maximum atomic E-state index is 12.7. The van der Waals surface area contributed by atoms with Crippen LogP contribution in [-0.4, -0.2) is 36.6 Å². The van der Waals surface area contributed by atoms with Crippen molar-refractivity contribution in [1.29, 1.82) is 0 Å². The summed E-state index contributed by atoms with van der Waals surface area (Å²) in [7, 11) is 0. The highest BCUT2D eigenvalue weighted by atomic mass is 35.5. The van der Waals surface area contributed by atoms with Crippen molar-refractivity contribution in [2.75, 3.05) is 19.6 Å². The van der Waals surface area contributed by atoms with Gasteiger partial charge in [0, 0.05) is 15.7 Å². The fraction of sp³-hybridized carbons (Fsp3) is 0.381. The van der Waals surface area contributed by atoms with Crippen molar-refractivity contribution in [3.05, 3.63) is 65.7 Å². The van der Waals surface area contributed by atoms with Crippen LogP contribution in [0.1, 0.15) is 42.5 Å². The molecule has 0 amide bonds. The fourth-order valence-electron chi connectivity index (χ4n) is 2.22. The highest BCUT2D eigenvalue weighted by Crippen LogP contribution is 2.20. The van der Waals surface area contributed by atoms with E-state index in [1.807, 2.05) is 30.3 Å². The normalized spacial score (nSPS) is 16.6. The Hall–Kier alpha value is -1.88. The van der Waals surface area contributed by atoms with Crippen molar-refractivity contribution in [2.24, 2.45) is 0 Å². The molecule has 1 atom stereocenters. The van der Waals surface area contributed by atoms with E-state index in [4.69, 9.17) is 11.6 Å². The minimum absolute atomic E-state index is 0. The van der Waals surface area contributed by atoms with Gasteiger partial charge in [0.25, 0.3) is 0 Å². The van der Waals surface area contributed by atoms with Gasteiger partial charge in [-0.1, -0.05) is 49.4 Å². The van der Waals surface area contributed by atoms with Crippen LogP contribution >= 0.6 is 12.4 Å². The van der Waals surface area contributed by atoms with E-state index in [2.05, 4.69) is 5.32 Å². The molecule has 0 bridgehead atoms. The second kappa shape index (κ2) is 12.5. The molecule has 26 heavy (non-hydrogen) atoms. The van der Waals surface area contributed by atoms with Gasteiger partial charge in [-0.3, -0.25) is 4.79 Å². The van der Waals surface area contributed by atoms with Gasteiger partial charge in [0.1, 0.15) is 18.4 Å². The predicted octanol–water partition coefficient (Wildman–Crippen LogP) is 3.66. The first kappa shape index (κ1) is 15.2. The molecule has 0 unspecified atom stereocenters. The topological polar surface area (TPSA) is 58.6 Å². The molecular weight excluding hydrogens is 350 g/mol. The number of benzene rings is 2. The summed E-state index contributed by atoms with van der Waals surface area (Å²) in [6.07, 6.45) is -2.10. The second-order valence-electron chi connectivity index (χ2n) is 5.51. The lowest BCUT2D eigenvalue weighted by molar-refractivity contribution is 0.0950. The average molecular weight is 383 g/mol. The molecule has 2 aromatic rings. The van der Waals surface area contributed by atoms with Gasteiger partial charge in [-0.25, -0.2) is 0 Å². The van der Waals surface area contributed by atoms with E-state index < -0.39 is 19.1 Å². The van der Waals surface area contributed by atoms with Gasteiger partial charge < -0.3 is 15.2 Å². The highest BCUT2D eigenvalue weighted by molar-refractivity contribution is 5.98. The van der Waals surface area contributed by atoms with E-state index in [1.165, 1.54) is 18.2 Å². The number of para-hydroxylation sites is 1. The molecule has 0 saturated carbocycles. The van der Waals surface area contributed by atoms with E-state index in [-0.39, 0.29) is 42.5 Å². The summed E-state index contributed by atoms with van der Waals surface area (Å²) >= 11 is 0. The molecule has 0 radical (unpaired) electrons. The first-order valence-corrected chi connectivity index (χ1v) is 8.34. The van der Waals surface area contributed by atoms with Gasteiger partial charge in [0.2, 0.25) is 0 Å². The molecule has 4 nitrogen and oxygen atoms in total. The number of Topliss-reactive ketones (excluding diaryl/α,β-unsaturated/α-hetero) is 1. The first-order valence-electron chi connectivity index (χ1n) is 10.8. The van der Waals surface area contributed by atoms with Crippen molar-refractivity contribution >= 4 is 18.2 Å². The van der Waals surface area contributed by atoms with Crippen LogP contribution < -0.4 is 10.1 Å². The zero-order valence-corrected chi connectivity index (χ0v) is 15.5. The summed E-state index contributed by atoms with van der Waals surface area (Å²) in [4.78, 5) is 12.7. The van der Waals surface area contributed by atoms with Gasteiger partial charge >= 0.3 is 0 Å². The second-order valence-corrected chi connectivity index (χ2v) is 5.51. The quantitative estimate of drug-likeness (QED) is 0.582. The van der Waals surface area contributed by atoms with Crippen molar-refractivity contribution in [2.45, 2.75) is 32.3 Å². The Balaban J connectivity index is 0.00000480. The molecule has 0 aromatic heterocycles. The Bertz CT molecular complexity index is 850.